The van der Waals surface area contributed by atoms with E-state index in [1.165, 1.54) is 16.8 Å². The van der Waals surface area contributed by atoms with Crippen molar-refractivity contribution in [3.05, 3.63) is 58.3 Å². The molecule has 34 heavy (non-hydrogen) atoms. The molecule has 0 unspecified atom stereocenters. The first-order valence-electron chi connectivity index (χ1n) is 12.4. The van der Waals surface area contributed by atoms with Crippen molar-refractivity contribution >= 4 is 22.6 Å². The maximum atomic E-state index is 12.2. The lowest BCUT2D eigenvalue weighted by Crippen LogP contribution is -2.36. The molecule has 8 heteroatoms. The standard InChI is InChI=1S/C26H34N6O2/c1-18-6-7-21-22(27-18)8-9-23-26(21)29-24(11-14-31-12-4-3-5-25(31)34)32(23)16-15-30-13-10-20(17-30)28-19(2)33/h3-5,8-9,12,18,20,27H,6-7,10-11,13-17H2,1-2H3,(H,28,33)/t18-,20-/m0/s1. The molecule has 0 aliphatic carbocycles. The number of fused-ring (bicyclic) bond motifs is 3. The third kappa shape index (κ3) is 4.73. The number of aromatic nitrogens is 3. The Hall–Kier alpha value is -3.13. The molecule has 1 amide bonds. The first kappa shape index (κ1) is 22.7. The number of nitrogens with zero attached hydrogens (tertiary/aromatic N) is 4. The Morgan fingerprint density at radius 2 is 2.06 bits per heavy atom. The van der Waals surface area contributed by atoms with Gasteiger partial charge in [0.25, 0.3) is 5.56 Å². The maximum absolute atomic E-state index is 12.2. The van der Waals surface area contributed by atoms with E-state index < -0.39 is 0 Å². The average molecular weight is 463 g/mol. The Morgan fingerprint density at radius 1 is 1.18 bits per heavy atom. The van der Waals surface area contributed by atoms with Crippen molar-refractivity contribution < 1.29 is 4.79 Å². The SMILES string of the molecule is CC(=O)N[C@H]1CCN(CCn2c(CCn3ccccc3=O)nc3c4c(ccc32)N[C@@H](C)CC4)C1. The Bertz CT molecular complexity index is 1250. The van der Waals surface area contributed by atoms with Crippen LogP contribution >= 0.6 is 0 Å². The fraction of sp³-hybridized carbons (Fsp3) is 0.500. The Morgan fingerprint density at radius 3 is 2.88 bits per heavy atom. The number of carbonyl (C=O) groups excluding carboxylic acids is 1. The number of pyridine rings is 1. The Labute approximate surface area is 200 Å². The van der Waals surface area contributed by atoms with E-state index in [0.29, 0.717) is 19.0 Å². The zero-order valence-electron chi connectivity index (χ0n) is 20.1. The molecule has 180 valence electrons. The van der Waals surface area contributed by atoms with Crippen LogP contribution in [0.2, 0.25) is 0 Å². The fourth-order valence-electron chi connectivity index (χ4n) is 5.37. The molecule has 1 aromatic carbocycles. The molecule has 2 aliphatic heterocycles. The molecule has 1 fully saturated rings. The second-order valence-corrected chi connectivity index (χ2v) is 9.69. The number of hydrogen-bond acceptors (Lipinski definition) is 5. The second-order valence-electron chi connectivity index (χ2n) is 9.69. The van der Waals surface area contributed by atoms with Gasteiger partial charge in [0, 0.05) is 81.7 Å². The quantitative estimate of drug-likeness (QED) is 0.563. The molecule has 1 saturated heterocycles. The number of imidazole rings is 1. The molecular weight excluding hydrogens is 428 g/mol. The van der Waals surface area contributed by atoms with E-state index in [1.807, 2.05) is 12.3 Å². The average Bonchev–Trinajstić information content (AvgIpc) is 3.40. The van der Waals surface area contributed by atoms with Crippen LogP contribution in [0.3, 0.4) is 0 Å². The second kappa shape index (κ2) is 9.62. The van der Waals surface area contributed by atoms with Crippen molar-refractivity contribution in [3.63, 3.8) is 0 Å². The maximum Gasteiger partial charge on any atom is 0.250 e. The van der Waals surface area contributed by atoms with Crippen LogP contribution in [0.15, 0.2) is 41.3 Å². The third-order valence-corrected chi connectivity index (χ3v) is 7.13. The van der Waals surface area contributed by atoms with Gasteiger partial charge in [-0.05, 0) is 44.4 Å². The van der Waals surface area contributed by atoms with Crippen molar-refractivity contribution in [3.8, 4) is 0 Å². The van der Waals surface area contributed by atoms with Gasteiger partial charge in [-0.1, -0.05) is 6.07 Å². The minimum Gasteiger partial charge on any atom is -0.382 e. The molecule has 5 rings (SSSR count). The fourth-order valence-corrected chi connectivity index (χ4v) is 5.37. The summed E-state index contributed by atoms with van der Waals surface area (Å²) in [6.45, 7) is 8.04. The first-order valence-corrected chi connectivity index (χ1v) is 12.4. The van der Waals surface area contributed by atoms with E-state index in [4.69, 9.17) is 4.98 Å². The zero-order valence-corrected chi connectivity index (χ0v) is 20.1. The van der Waals surface area contributed by atoms with Crippen LogP contribution < -0.4 is 16.2 Å². The molecule has 2 N–H and O–H groups in total. The van der Waals surface area contributed by atoms with Crippen LogP contribution in [0, 0.1) is 0 Å². The van der Waals surface area contributed by atoms with Crippen LogP contribution in [-0.2, 0) is 30.7 Å². The van der Waals surface area contributed by atoms with Gasteiger partial charge in [0.2, 0.25) is 5.91 Å². The summed E-state index contributed by atoms with van der Waals surface area (Å²) < 4.78 is 4.09. The number of aryl methyl sites for hydroxylation is 3. The van der Waals surface area contributed by atoms with E-state index in [9.17, 15) is 9.59 Å². The summed E-state index contributed by atoms with van der Waals surface area (Å²) in [4.78, 5) is 31.2. The van der Waals surface area contributed by atoms with Gasteiger partial charge in [0.05, 0.1) is 11.0 Å². The highest BCUT2D eigenvalue weighted by Gasteiger charge is 2.24. The monoisotopic (exact) mass is 462 g/mol. The van der Waals surface area contributed by atoms with E-state index in [1.54, 1.807) is 23.6 Å². The number of anilines is 1. The lowest BCUT2D eigenvalue weighted by Gasteiger charge is -2.24. The van der Waals surface area contributed by atoms with Crippen LogP contribution in [0.25, 0.3) is 11.0 Å². The number of nitrogens with one attached hydrogen (secondary N) is 2. The van der Waals surface area contributed by atoms with Crippen molar-refractivity contribution in [2.45, 2.75) is 64.7 Å². The van der Waals surface area contributed by atoms with Gasteiger partial charge in [-0.2, -0.15) is 0 Å². The van der Waals surface area contributed by atoms with Gasteiger partial charge >= 0.3 is 0 Å². The van der Waals surface area contributed by atoms with E-state index in [2.05, 4.69) is 39.2 Å². The molecule has 4 heterocycles. The summed E-state index contributed by atoms with van der Waals surface area (Å²) in [5, 5.41) is 6.65. The van der Waals surface area contributed by atoms with Crippen molar-refractivity contribution in [1.29, 1.82) is 0 Å². The smallest absolute Gasteiger partial charge is 0.250 e. The Kier molecular flexibility index (Phi) is 6.41. The normalized spacial score (nSPS) is 20.3. The Balaban J connectivity index is 1.41. The highest BCUT2D eigenvalue weighted by molar-refractivity contribution is 5.86. The van der Waals surface area contributed by atoms with Gasteiger partial charge in [-0.25, -0.2) is 4.98 Å². The van der Waals surface area contributed by atoms with Crippen molar-refractivity contribution in [1.82, 2.24) is 24.3 Å². The number of carbonyl (C=O) groups is 1. The third-order valence-electron chi connectivity index (χ3n) is 7.13. The summed E-state index contributed by atoms with van der Waals surface area (Å²) >= 11 is 0. The molecule has 2 aliphatic rings. The van der Waals surface area contributed by atoms with Crippen LogP contribution in [0.4, 0.5) is 5.69 Å². The minimum absolute atomic E-state index is 0.0156. The topological polar surface area (TPSA) is 84.2 Å². The molecule has 0 spiro atoms. The highest BCUT2D eigenvalue weighted by atomic mass is 16.1. The highest BCUT2D eigenvalue weighted by Crippen LogP contribution is 2.32. The molecule has 2 atom stereocenters. The van der Waals surface area contributed by atoms with Crippen LogP contribution in [-0.4, -0.2) is 56.6 Å². The van der Waals surface area contributed by atoms with E-state index >= 15 is 0 Å². The van der Waals surface area contributed by atoms with E-state index in [0.717, 1.165) is 56.8 Å². The summed E-state index contributed by atoms with van der Waals surface area (Å²) in [7, 11) is 0. The largest absolute Gasteiger partial charge is 0.382 e. The zero-order chi connectivity index (χ0) is 23.7. The van der Waals surface area contributed by atoms with Crippen molar-refractivity contribution in [2.24, 2.45) is 0 Å². The van der Waals surface area contributed by atoms with Gasteiger partial charge in [-0.3, -0.25) is 14.5 Å². The van der Waals surface area contributed by atoms with Crippen LogP contribution in [0.5, 0.6) is 0 Å². The summed E-state index contributed by atoms with van der Waals surface area (Å²) in [5.41, 5.74) is 4.77. The number of likely N-dealkylation sites (tertiary alicyclic amines) is 1. The molecular formula is C26H34N6O2. The molecule has 0 radical (unpaired) electrons. The number of amides is 1. The van der Waals surface area contributed by atoms with E-state index in [-0.39, 0.29) is 17.5 Å². The lowest BCUT2D eigenvalue weighted by atomic mass is 9.98. The molecule has 8 nitrogen and oxygen atoms in total. The lowest BCUT2D eigenvalue weighted by molar-refractivity contribution is -0.119. The number of hydrogen-bond donors (Lipinski definition) is 2. The minimum atomic E-state index is 0.0156. The summed E-state index contributed by atoms with van der Waals surface area (Å²) in [6.07, 6.45) is 5.66. The molecule has 0 saturated carbocycles. The number of rotatable bonds is 7. The first-order chi connectivity index (χ1) is 16.5. The molecule has 0 bridgehead atoms. The predicted molar refractivity (Wildman–Crippen MR) is 134 cm³/mol. The van der Waals surface area contributed by atoms with Gasteiger partial charge < -0.3 is 19.8 Å². The number of benzene rings is 1. The predicted octanol–water partition coefficient (Wildman–Crippen LogP) is 2.40. The summed E-state index contributed by atoms with van der Waals surface area (Å²) in [6, 6.07) is 10.4. The summed E-state index contributed by atoms with van der Waals surface area (Å²) in [5.74, 6) is 1.06. The van der Waals surface area contributed by atoms with Gasteiger partial charge in [0.1, 0.15) is 5.82 Å². The van der Waals surface area contributed by atoms with Gasteiger partial charge in [0.15, 0.2) is 0 Å². The van der Waals surface area contributed by atoms with Crippen molar-refractivity contribution in [2.75, 3.05) is 25.0 Å². The van der Waals surface area contributed by atoms with Gasteiger partial charge in [-0.15, -0.1) is 0 Å². The molecule has 2 aromatic heterocycles. The van der Waals surface area contributed by atoms with Crippen LogP contribution in [0.1, 0.15) is 38.1 Å². The molecule has 3 aromatic rings.